The van der Waals surface area contributed by atoms with E-state index < -0.39 is 5.97 Å². The Morgan fingerprint density at radius 2 is 2.00 bits per heavy atom. The molecule has 0 aliphatic carbocycles. The zero-order valence-electron chi connectivity index (χ0n) is 13.2. The number of rotatable bonds is 6. The third-order valence-corrected chi connectivity index (χ3v) is 4.58. The summed E-state index contributed by atoms with van der Waals surface area (Å²) in [5.74, 6) is -0.903. The highest BCUT2D eigenvalue weighted by Gasteiger charge is 2.27. The lowest BCUT2D eigenvalue weighted by atomic mass is 10.2. The number of hydrogen-bond donors (Lipinski definition) is 1. The largest absolute Gasteiger partial charge is 0.480 e. The van der Waals surface area contributed by atoms with Gasteiger partial charge in [-0.25, -0.2) is 15.0 Å². The van der Waals surface area contributed by atoms with Crippen LogP contribution in [0.5, 0.6) is 0 Å². The van der Waals surface area contributed by atoms with Gasteiger partial charge in [-0.3, -0.25) is 9.59 Å². The van der Waals surface area contributed by atoms with Crippen molar-refractivity contribution in [1.29, 1.82) is 0 Å². The Balaban J connectivity index is 2.34. The smallest absolute Gasteiger partial charge is 0.323 e. The first kappa shape index (κ1) is 17.0. The van der Waals surface area contributed by atoms with Crippen LogP contribution in [0.3, 0.4) is 0 Å². The predicted octanol–water partition coefficient (Wildman–Crippen LogP) is 2.23. The molecule has 0 saturated carbocycles. The Hall–Kier alpha value is -2.35. The summed E-state index contributed by atoms with van der Waals surface area (Å²) in [7, 11) is 0. The van der Waals surface area contributed by atoms with Crippen molar-refractivity contribution >= 4 is 23.2 Å². The van der Waals surface area contributed by atoms with Crippen molar-refractivity contribution in [3.8, 4) is 10.8 Å². The topological polar surface area (TPSA) is 96.3 Å². The standard InChI is InChI=1S/C15H18N4O3S/c1-4-9(2)19(8-11(20)21)15(22)12-10(3)18-14(23-12)13-16-6-5-7-17-13/h5-7,9H,4,8H2,1-3H3,(H,20,21). The van der Waals surface area contributed by atoms with Gasteiger partial charge in [-0.2, -0.15) is 0 Å². The molecule has 1 amide bonds. The molecule has 2 aromatic rings. The molecule has 1 unspecified atom stereocenters. The van der Waals surface area contributed by atoms with Crippen molar-refractivity contribution in [2.45, 2.75) is 33.2 Å². The lowest BCUT2D eigenvalue weighted by Gasteiger charge is -2.26. The molecule has 0 aliphatic rings. The van der Waals surface area contributed by atoms with Crippen molar-refractivity contribution in [3.63, 3.8) is 0 Å². The first-order chi connectivity index (χ1) is 10.9. The second-order valence-corrected chi connectivity index (χ2v) is 6.09. The van der Waals surface area contributed by atoms with E-state index >= 15 is 0 Å². The van der Waals surface area contributed by atoms with Crippen molar-refractivity contribution in [3.05, 3.63) is 29.0 Å². The van der Waals surface area contributed by atoms with Crippen LogP contribution in [-0.2, 0) is 4.79 Å². The molecule has 0 aliphatic heterocycles. The quantitative estimate of drug-likeness (QED) is 0.870. The molecule has 0 radical (unpaired) electrons. The molecular weight excluding hydrogens is 316 g/mol. The molecule has 1 atom stereocenters. The van der Waals surface area contributed by atoms with E-state index in [1.54, 1.807) is 25.4 Å². The Morgan fingerprint density at radius 3 is 2.57 bits per heavy atom. The number of aryl methyl sites for hydroxylation is 1. The van der Waals surface area contributed by atoms with Crippen LogP contribution in [0.2, 0.25) is 0 Å². The molecule has 23 heavy (non-hydrogen) atoms. The van der Waals surface area contributed by atoms with Gasteiger partial charge in [0.25, 0.3) is 5.91 Å². The number of carbonyl (C=O) groups excluding carboxylic acids is 1. The van der Waals surface area contributed by atoms with E-state index in [0.29, 0.717) is 27.8 Å². The molecule has 0 saturated heterocycles. The van der Waals surface area contributed by atoms with Crippen LogP contribution in [0.4, 0.5) is 0 Å². The molecule has 2 aromatic heterocycles. The minimum absolute atomic E-state index is 0.170. The Labute approximate surface area is 138 Å². The molecule has 0 aromatic carbocycles. The Kier molecular flexibility index (Phi) is 5.38. The van der Waals surface area contributed by atoms with E-state index in [4.69, 9.17) is 5.11 Å². The van der Waals surface area contributed by atoms with Gasteiger partial charge in [0.1, 0.15) is 11.4 Å². The molecule has 7 nitrogen and oxygen atoms in total. The van der Waals surface area contributed by atoms with Crippen molar-refractivity contribution in [1.82, 2.24) is 19.9 Å². The average Bonchev–Trinajstić information content (AvgIpc) is 2.94. The minimum Gasteiger partial charge on any atom is -0.480 e. The van der Waals surface area contributed by atoms with Gasteiger partial charge in [0.15, 0.2) is 10.8 Å². The maximum absolute atomic E-state index is 12.7. The molecule has 2 heterocycles. The summed E-state index contributed by atoms with van der Waals surface area (Å²) >= 11 is 1.18. The Bertz CT molecular complexity index is 702. The predicted molar refractivity (Wildman–Crippen MR) is 86.3 cm³/mol. The fraction of sp³-hybridized carbons (Fsp3) is 0.400. The normalized spacial score (nSPS) is 12.0. The van der Waals surface area contributed by atoms with Crippen molar-refractivity contribution < 1.29 is 14.7 Å². The maximum atomic E-state index is 12.7. The lowest BCUT2D eigenvalue weighted by Crippen LogP contribution is -2.41. The molecule has 122 valence electrons. The van der Waals surface area contributed by atoms with E-state index in [2.05, 4.69) is 15.0 Å². The number of carbonyl (C=O) groups is 2. The number of nitrogens with zero attached hydrogens (tertiary/aromatic N) is 4. The van der Waals surface area contributed by atoms with Gasteiger partial charge >= 0.3 is 5.97 Å². The maximum Gasteiger partial charge on any atom is 0.323 e. The van der Waals surface area contributed by atoms with Crippen LogP contribution in [0.1, 0.15) is 35.6 Å². The molecule has 0 fully saturated rings. The highest BCUT2D eigenvalue weighted by atomic mass is 32.1. The zero-order chi connectivity index (χ0) is 17.0. The third kappa shape index (κ3) is 3.89. The summed E-state index contributed by atoms with van der Waals surface area (Å²) in [6.07, 6.45) is 3.89. The second kappa shape index (κ2) is 7.28. The fourth-order valence-corrected chi connectivity index (χ4v) is 2.99. The summed E-state index contributed by atoms with van der Waals surface area (Å²) in [5.41, 5.74) is 0.557. The van der Waals surface area contributed by atoms with Gasteiger partial charge in [0.2, 0.25) is 0 Å². The average molecular weight is 334 g/mol. The molecule has 0 bridgehead atoms. The number of aliphatic carboxylic acids is 1. The van der Waals surface area contributed by atoms with E-state index in [1.165, 1.54) is 16.2 Å². The Morgan fingerprint density at radius 1 is 1.35 bits per heavy atom. The number of amides is 1. The molecular formula is C15H18N4O3S. The first-order valence-electron chi connectivity index (χ1n) is 7.21. The fourth-order valence-electron chi connectivity index (χ4n) is 2.02. The van der Waals surface area contributed by atoms with Crippen LogP contribution in [-0.4, -0.2) is 49.4 Å². The number of aromatic nitrogens is 3. The highest BCUT2D eigenvalue weighted by Crippen LogP contribution is 2.27. The van der Waals surface area contributed by atoms with Crippen molar-refractivity contribution in [2.24, 2.45) is 0 Å². The summed E-state index contributed by atoms with van der Waals surface area (Å²) in [5, 5.41) is 9.60. The highest BCUT2D eigenvalue weighted by molar-refractivity contribution is 7.17. The molecule has 0 spiro atoms. The first-order valence-corrected chi connectivity index (χ1v) is 8.03. The summed E-state index contributed by atoms with van der Waals surface area (Å²) in [4.78, 5) is 38.2. The number of carboxylic acid groups (broad SMARTS) is 1. The number of hydrogen-bond acceptors (Lipinski definition) is 6. The second-order valence-electron chi connectivity index (χ2n) is 5.09. The van der Waals surface area contributed by atoms with Crippen molar-refractivity contribution in [2.75, 3.05) is 6.54 Å². The summed E-state index contributed by atoms with van der Waals surface area (Å²) < 4.78 is 0. The summed E-state index contributed by atoms with van der Waals surface area (Å²) in [6, 6.07) is 1.53. The molecule has 1 N–H and O–H groups in total. The number of carboxylic acids is 1. The van der Waals surface area contributed by atoms with Crippen LogP contribution in [0.15, 0.2) is 18.5 Å². The molecule has 2 rings (SSSR count). The van der Waals surface area contributed by atoms with E-state index in [0.717, 1.165) is 0 Å². The van der Waals surface area contributed by atoms with Gasteiger partial charge in [-0.05, 0) is 26.3 Å². The van der Waals surface area contributed by atoms with Gasteiger partial charge < -0.3 is 10.0 Å². The van der Waals surface area contributed by atoms with Crippen LogP contribution >= 0.6 is 11.3 Å². The zero-order valence-corrected chi connectivity index (χ0v) is 14.0. The minimum atomic E-state index is -1.03. The van der Waals surface area contributed by atoms with Gasteiger partial charge in [0, 0.05) is 18.4 Å². The van der Waals surface area contributed by atoms with Gasteiger partial charge in [-0.15, -0.1) is 11.3 Å². The lowest BCUT2D eigenvalue weighted by molar-refractivity contribution is -0.138. The van der Waals surface area contributed by atoms with Gasteiger partial charge in [-0.1, -0.05) is 6.92 Å². The van der Waals surface area contributed by atoms with Crippen LogP contribution in [0.25, 0.3) is 10.8 Å². The third-order valence-electron chi connectivity index (χ3n) is 3.44. The monoisotopic (exact) mass is 334 g/mol. The van der Waals surface area contributed by atoms with Gasteiger partial charge in [0.05, 0.1) is 5.69 Å². The van der Waals surface area contributed by atoms with E-state index in [1.807, 2.05) is 13.8 Å². The van der Waals surface area contributed by atoms with E-state index in [9.17, 15) is 9.59 Å². The SMILES string of the molecule is CCC(C)N(CC(=O)O)C(=O)c1sc(-c2ncccn2)nc1C. The van der Waals surface area contributed by atoms with Crippen LogP contribution < -0.4 is 0 Å². The van der Waals surface area contributed by atoms with E-state index in [-0.39, 0.29) is 18.5 Å². The summed E-state index contributed by atoms with van der Waals surface area (Å²) in [6.45, 7) is 5.14. The number of thiazole rings is 1. The van der Waals surface area contributed by atoms with Crippen LogP contribution in [0, 0.1) is 6.92 Å². The molecule has 8 heteroatoms.